The first-order valence-electron chi connectivity index (χ1n) is 7.16. The molecule has 1 aromatic heterocycles. The minimum absolute atomic E-state index is 0.0945. The second-order valence-corrected chi connectivity index (χ2v) is 9.40. The Morgan fingerprint density at radius 1 is 1.28 bits per heavy atom. The maximum Gasteiger partial charge on any atom is 0.252 e. The van der Waals surface area contributed by atoms with Gasteiger partial charge in [-0.25, -0.2) is 8.42 Å². The fraction of sp³-hybridized carbons (Fsp3) is 0.267. The van der Waals surface area contributed by atoms with Crippen molar-refractivity contribution in [3.8, 4) is 5.75 Å². The Labute approximate surface area is 160 Å². The summed E-state index contributed by atoms with van der Waals surface area (Å²) < 4.78 is 31.5. The summed E-state index contributed by atoms with van der Waals surface area (Å²) in [7, 11) is -2.39. The quantitative estimate of drug-likeness (QED) is 0.663. The number of rotatable bonds is 8. The van der Waals surface area contributed by atoms with Crippen molar-refractivity contribution in [1.29, 1.82) is 0 Å². The summed E-state index contributed by atoms with van der Waals surface area (Å²) in [5.74, 6) is 0.166. The van der Waals surface area contributed by atoms with Crippen LogP contribution in [0.15, 0.2) is 40.6 Å². The number of hydrogen-bond acceptors (Lipinski definition) is 5. The van der Waals surface area contributed by atoms with Crippen LogP contribution in [0.4, 0.5) is 0 Å². The topological polar surface area (TPSA) is 75.7 Å². The third-order valence-corrected chi connectivity index (χ3v) is 6.81. The lowest BCUT2D eigenvalue weighted by atomic mass is 10.3. The molecule has 0 saturated heterocycles. The molecule has 6 nitrogen and oxygen atoms in total. The summed E-state index contributed by atoms with van der Waals surface area (Å²) in [5.41, 5.74) is 0. The Morgan fingerprint density at radius 2 is 2.04 bits per heavy atom. The molecule has 1 N–H and O–H groups in total. The molecule has 25 heavy (non-hydrogen) atoms. The van der Waals surface area contributed by atoms with Crippen molar-refractivity contribution in [2.45, 2.75) is 4.21 Å². The first-order chi connectivity index (χ1) is 11.8. The van der Waals surface area contributed by atoms with Crippen LogP contribution in [0.1, 0.15) is 0 Å². The fourth-order valence-electron chi connectivity index (χ4n) is 1.85. The van der Waals surface area contributed by atoms with Crippen LogP contribution in [0.2, 0.25) is 9.36 Å². The summed E-state index contributed by atoms with van der Waals surface area (Å²) in [6.07, 6.45) is 0. The van der Waals surface area contributed by atoms with E-state index in [4.69, 9.17) is 27.9 Å². The third kappa shape index (κ3) is 5.86. The molecule has 2 aromatic rings. The number of ether oxygens (including phenoxy) is 1. The lowest BCUT2D eigenvalue weighted by Gasteiger charge is -2.15. The standard InChI is InChI=1S/C15H16Cl2N2O4S2/c1-19(25(21,22)15-6-5-13(17)24-15)10-14(20)18-7-8-23-12-4-2-3-11(16)9-12/h2-6,9H,7-8,10H2,1H3,(H,18,20). The average molecular weight is 423 g/mol. The summed E-state index contributed by atoms with van der Waals surface area (Å²) in [6.45, 7) is 0.183. The molecule has 2 rings (SSSR count). The van der Waals surface area contributed by atoms with Crippen molar-refractivity contribution >= 4 is 50.5 Å². The molecule has 0 aliphatic carbocycles. The molecule has 0 aliphatic heterocycles. The first-order valence-corrected chi connectivity index (χ1v) is 10.2. The van der Waals surface area contributed by atoms with Gasteiger partial charge in [-0.3, -0.25) is 4.79 Å². The Kier molecular flexibility index (Phi) is 7.09. The molecule has 0 bridgehead atoms. The largest absolute Gasteiger partial charge is 0.492 e. The number of benzene rings is 1. The monoisotopic (exact) mass is 422 g/mol. The number of carbonyl (C=O) groups excluding carboxylic acids is 1. The number of amides is 1. The highest BCUT2D eigenvalue weighted by molar-refractivity contribution is 7.91. The minimum atomic E-state index is -3.73. The zero-order valence-corrected chi connectivity index (χ0v) is 16.4. The van der Waals surface area contributed by atoms with E-state index in [-0.39, 0.29) is 23.9 Å². The number of likely N-dealkylation sites (N-methyl/N-ethyl adjacent to an activating group) is 1. The number of halogens is 2. The molecule has 0 radical (unpaired) electrons. The highest BCUT2D eigenvalue weighted by Crippen LogP contribution is 2.27. The molecule has 0 aliphatic rings. The molecule has 1 aromatic carbocycles. The van der Waals surface area contributed by atoms with Crippen molar-refractivity contribution < 1.29 is 17.9 Å². The van der Waals surface area contributed by atoms with Crippen molar-refractivity contribution in [3.63, 3.8) is 0 Å². The van der Waals surface area contributed by atoms with Crippen LogP contribution in [0.5, 0.6) is 5.75 Å². The fourth-order valence-corrected chi connectivity index (χ4v) is 4.85. The van der Waals surface area contributed by atoms with Gasteiger partial charge in [0.25, 0.3) is 10.0 Å². The predicted octanol–water partition coefficient (Wildman–Crippen LogP) is 2.87. The molecule has 1 heterocycles. The number of nitrogens with zero attached hydrogens (tertiary/aromatic N) is 1. The van der Waals surface area contributed by atoms with Crippen LogP contribution in [-0.2, 0) is 14.8 Å². The lowest BCUT2D eigenvalue weighted by molar-refractivity contribution is -0.121. The summed E-state index contributed by atoms with van der Waals surface area (Å²) >= 11 is 12.5. The van der Waals surface area contributed by atoms with Crippen LogP contribution in [0.3, 0.4) is 0 Å². The molecule has 136 valence electrons. The highest BCUT2D eigenvalue weighted by Gasteiger charge is 2.24. The minimum Gasteiger partial charge on any atom is -0.492 e. The zero-order chi connectivity index (χ0) is 18.4. The second kappa shape index (κ2) is 8.86. The lowest BCUT2D eigenvalue weighted by Crippen LogP contribution is -2.39. The van der Waals surface area contributed by atoms with Gasteiger partial charge in [-0.05, 0) is 30.3 Å². The average Bonchev–Trinajstić information content (AvgIpc) is 2.99. The molecule has 10 heteroatoms. The van der Waals surface area contributed by atoms with Gasteiger partial charge in [0.15, 0.2) is 0 Å². The van der Waals surface area contributed by atoms with Gasteiger partial charge in [0.2, 0.25) is 5.91 Å². The SMILES string of the molecule is CN(CC(=O)NCCOc1cccc(Cl)c1)S(=O)(=O)c1ccc(Cl)s1. The van der Waals surface area contributed by atoms with Crippen LogP contribution in [0, 0.1) is 0 Å². The number of carbonyl (C=O) groups is 1. The van der Waals surface area contributed by atoms with Gasteiger partial charge in [0.1, 0.15) is 16.6 Å². The second-order valence-electron chi connectivity index (χ2n) is 4.98. The van der Waals surface area contributed by atoms with Crippen molar-refractivity contribution in [1.82, 2.24) is 9.62 Å². The highest BCUT2D eigenvalue weighted by atomic mass is 35.5. The van der Waals surface area contributed by atoms with E-state index >= 15 is 0 Å². The number of hydrogen-bond donors (Lipinski definition) is 1. The van der Waals surface area contributed by atoms with E-state index in [1.165, 1.54) is 19.2 Å². The molecule has 0 saturated carbocycles. The molecule has 0 atom stereocenters. The van der Waals surface area contributed by atoms with E-state index in [1.807, 2.05) is 0 Å². The molecular formula is C15H16Cl2N2O4S2. The Morgan fingerprint density at radius 3 is 2.68 bits per heavy atom. The van der Waals surface area contributed by atoms with E-state index in [2.05, 4.69) is 5.32 Å². The summed E-state index contributed by atoms with van der Waals surface area (Å²) in [6, 6.07) is 9.81. The van der Waals surface area contributed by atoms with Crippen LogP contribution in [-0.4, -0.2) is 45.4 Å². The maximum absolute atomic E-state index is 12.3. The van der Waals surface area contributed by atoms with Gasteiger partial charge in [0.05, 0.1) is 17.4 Å². The zero-order valence-electron chi connectivity index (χ0n) is 13.2. The van der Waals surface area contributed by atoms with E-state index in [0.29, 0.717) is 15.1 Å². The molecule has 0 spiro atoms. The molecule has 0 unspecified atom stereocenters. The summed E-state index contributed by atoms with van der Waals surface area (Å²) in [4.78, 5) is 11.9. The van der Waals surface area contributed by atoms with Crippen molar-refractivity contribution in [2.75, 3.05) is 26.7 Å². The van der Waals surface area contributed by atoms with Gasteiger partial charge in [-0.2, -0.15) is 4.31 Å². The number of sulfonamides is 1. The van der Waals surface area contributed by atoms with Crippen LogP contribution < -0.4 is 10.1 Å². The number of thiophene rings is 1. The smallest absolute Gasteiger partial charge is 0.252 e. The van der Waals surface area contributed by atoms with E-state index in [9.17, 15) is 13.2 Å². The first kappa shape index (κ1) is 20.0. The normalized spacial score (nSPS) is 11.5. The van der Waals surface area contributed by atoms with Gasteiger partial charge in [-0.15, -0.1) is 11.3 Å². The maximum atomic E-state index is 12.3. The van der Waals surface area contributed by atoms with Crippen molar-refractivity contribution in [2.24, 2.45) is 0 Å². The predicted molar refractivity (Wildman–Crippen MR) is 99.1 cm³/mol. The molecule has 1 amide bonds. The van der Waals surface area contributed by atoms with Gasteiger partial charge in [-0.1, -0.05) is 29.3 Å². The molecular weight excluding hydrogens is 407 g/mol. The van der Waals surface area contributed by atoms with Gasteiger partial charge < -0.3 is 10.1 Å². The Bertz CT molecular complexity index is 840. The van der Waals surface area contributed by atoms with E-state index in [0.717, 1.165) is 15.6 Å². The Hall–Kier alpha value is -1.32. The van der Waals surface area contributed by atoms with Crippen molar-refractivity contribution in [3.05, 3.63) is 45.8 Å². The number of nitrogens with one attached hydrogen (secondary N) is 1. The van der Waals surface area contributed by atoms with Gasteiger partial charge in [0, 0.05) is 12.1 Å². The van der Waals surface area contributed by atoms with Crippen LogP contribution in [0.25, 0.3) is 0 Å². The van der Waals surface area contributed by atoms with Gasteiger partial charge >= 0.3 is 0 Å². The van der Waals surface area contributed by atoms with E-state index in [1.54, 1.807) is 24.3 Å². The van der Waals surface area contributed by atoms with Crippen LogP contribution >= 0.6 is 34.5 Å². The van der Waals surface area contributed by atoms with E-state index < -0.39 is 15.9 Å². The Balaban J connectivity index is 1.78. The molecule has 0 fully saturated rings. The summed E-state index contributed by atoms with van der Waals surface area (Å²) in [5, 5.41) is 3.16. The third-order valence-electron chi connectivity index (χ3n) is 3.07.